The number of allylic oxidation sites excluding steroid dienone is 3. The van der Waals surface area contributed by atoms with E-state index in [9.17, 15) is 4.79 Å². The second-order valence-electron chi connectivity index (χ2n) is 4.64. The SMILES string of the molecule is CCC1C=CC=CC1CN(C)C(C)C(=O)OC. The normalized spacial score (nSPS) is 25.0. The van der Waals surface area contributed by atoms with Crippen LogP contribution in [0, 0.1) is 11.8 Å². The molecule has 0 aromatic carbocycles. The molecule has 3 unspecified atom stereocenters. The number of nitrogens with zero attached hydrogens (tertiary/aromatic N) is 1. The van der Waals surface area contributed by atoms with Gasteiger partial charge in [-0.05, 0) is 32.2 Å². The van der Waals surface area contributed by atoms with Crippen molar-refractivity contribution >= 4 is 5.97 Å². The van der Waals surface area contributed by atoms with Crippen LogP contribution in [-0.4, -0.2) is 37.6 Å². The van der Waals surface area contributed by atoms with Crippen LogP contribution in [0.25, 0.3) is 0 Å². The topological polar surface area (TPSA) is 29.5 Å². The number of rotatable bonds is 5. The van der Waals surface area contributed by atoms with Crippen molar-refractivity contribution in [2.75, 3.05) is 20.7 Å². The van der Waals surface area contributed by atoms with E-state index in [-0.39, 0.29) is 12.0 Å². The third-order valence-electron chi connectivity index (χ3n) is 3.55. The molecule has 0 amide bonds. The van der Waals surface area contributed by atoms with E-state index in [1.165, 1.54) is 7.11 Å². The Morgan fingerprint density at radius 1 is 1.35 bits per heavy atom. The summed E-state index contributed by atoms with van der Waals surface area (Å²) < 4.78 is 4.76. The summed E-state index contributed by atoms with van der Waals surface area (Å²) in [6.45, 7) is 4.97. The summed E-state index contributed by atoms with van der Waals surface area (Å²) in [6, 6.07) is -0.184. The zero-order chi connectivity index (χ0) is 12.8. The van der Waals surface area contributed by atoms with Crippen molar-refractivity contribution in [1.29, 1.82) is 0 Å². The lowest BCUT2D eigenvalue weighted by Gasteiger charge is -2.30. The summed E-state index contributed by atoms with van der Waals surface area (Å²) >= 11 is 0. The predicted octanol–water partition coefficient (Wildman–Crippen LogP) is 2.25. The van der Waals surface area contributed by atoms with E-state index in [1.807, 2.05) is 14.0 Å². The minimum Gasteiger partial charge on any atom is -0.468 e. The van der Waals surface area contributed by atoms with Gasteiger partial charge in [-0.1, -0.05) is 31.2 Å². The van der Waals surface area contributed by atoms with E-state index in [0.717, 1.165) is 13.0 Å². The zero-order valence-electron chi connectivity index (χ0n) is 11.2. The van der Waals surface area contributed by atoms with Crippen LogP contribution in [-0.2, 0) is 9.53 Å². The van der Waals surface area contributed by atoms with Crippen LogP contribution in [0.4, 0.5) is 0 Å². The molecule has 0 saturated carbocycles. The first-order chi connectivity index (χ1) is 8.10. The molecule has 96 valence electrons. The monoisotopic (exact) mass is 237 g/mol. The van der Waals surface area contributed by atoms with Crippen LogP contribution in [0.3, 0.4) is 0 Å². The summed E-state index contributed by atoms with van der Waals surface area (Å²) in [4.78, 5) is 13.5. The molecule has 0 aromatic heterocycles. The number of methoxy groups -OCH3 is 1. The van der Waals surface area contributed by atoms with Gasteiger partial charge < -0.3 is 4.74 Å². The summed E-state index contributed by atoms with van der Waals surface area (Å²) in [7, 11) is 3.41. The Morgan fingerprint density at radius 2 is 1.94 bits per heavy atom. The van der Waals surface area contributed by atoms with Crippen molar-refractivity contribution in [1.82, 2.24) is 4.90 Å². The quantitative estimate of drug-likeness (QED) is 0.687. The van der Waals surface area contributed by atoms with Gasteiger partial charge in [0.1, 0.15) is 6.04 Å². The fourth-order valence-corrected chi connectivity index (χ4v) is 2.18. The van der Waals surface area contributed by atoms with Gasteiger partial charge >= 0.3 is 5.97 Å². The van der Waals surface area contributed by atoms with Gasteiger partial charge in [0.15, 0.2) is 0 Å². The van der Waals surface area contributed by atoms with E-state index < -0.39 is 0 Å². The van der Waals surface area contributed by atoms with Crippen LogP contribution in [0.1, 0.15) is 20.3 Å². The summed E-state index contributed by atoms with van der Waals surface area (Å²) in [5.41, 5.74) is 0. The summed E-state index contributed by atoms with van der Waals surface area (Å²) in [5.74, 6) is 0.894. The molecule has 0 radical (unpaired) electrons. The Kier molecular flexibility index (Phi) is 5.42. The fraction of sp³-hybridized carbons (Fsp3) is 0.643. The molecule has 0 spiro atoms. The van der Waals surface area contributed by atoms with Crippen LogP contribution in [0.15, 0.2) is 24.3 Å². The van der Waals surface area contributed by atoms with Crippen molar-refractivity contribution in [3.05, 3.63) is 24.3 Å². The minimum absolute atomic E-state index is 0.170. The molecule has 0 aromatic rings. The van der Waals surface area contributed by atoms with Gasteiger partial charge in [-0.3, -0.25) is 9.69 Å². The van der Waals surface area contributed by atoms with Gasteiger partial charge in [0.2, 0.25) is 0 Å². The van der Waals surface area contributed by atoms with E-state index in [0.29, 0.717) is 11.8 Å². The third kappa shape index (κ3) is 3.70. The fourth-order valence-electron chi connectivity index (χ4n) is 2.18. The lowest BCUT2D eigenvalue weighted by atomic mass is 9.86. The highest BCUT2D eigenvalue weighted by Crippen LogP contribution is 2.23. The van der Waals surface area contributed by atoms with Gasteiger partial charge in [-0.2, -0.15) is 0 Å². The smallest absolute Gasteiger partial charge is 0.322 e. The van der Waals surface area contributed by atoms with Crippen LogP contribution in [0.5, 0.6) is 0 Å². The Balaban J connectivity index is 2.55. The van der Waals surface area contributed by atoms with Crippen molar-refractivity contribution in [2.45, 2.75) is 26.3 Å². The Bertz CT molecular complexity index is 309. The van der Waals surface area contributed by atoms with E-state index in [2.05, 4.69) is 36.1 Å². The van der Waals surface area contributed by atoms with E-state index in [4.69, 9.17) is 4.74 Å². The van der Waals surface area contributed by atoms with Crippen molar-refractivity contribution in [3.63, 3.8) is 0 Å². The van der Waals surface area contributed by atoms with Gasteiger partial charge in [-0.15, -0.1) is 0 Å². The number of esters is 1. The number of hydrogen-bond acceptors (Lipinski definition) is 3. The molecule has 0 heterocycles. The number of likely N-dealkylation sites (N-methyl/N-ethyl adjacent to an activating group) is 1. The third-order valence-corrected chi connectivity index (χ3v) is 3.55. The van der Waals surface area contributed by atoms with Crippen molar-refractivity contribution < 1.29 is 9.53 Å². The molecule has 1 aliphatic carbocycles. The van der Waals surface area contributed by atoms with Gasteiger partial charge in [0.25, 0.3) is 0 Å². The molecule has 0 bridgehead atoms. The first-order valence-corrected chi connectivity index (χ1v) is 6.23. The number of hydrogen-bond donors (Lipinski definition) is 0. The minimum atomic E-state index is -0.184. The number of ether oxygens (including phenoxy) is 1. The molecule has 0 N–H and O–H groups in total. The van der Waals surface area contributed by atoms with Gasteiger partial charge in [0.05, 0.1) is 7.11 Å². The lowest BCUT2D eigenvalue weighted by molar-refractivity contribution is -0.145. The largest absolute Gasteiger partial charge is 0.468 e. The average Bonchev–Trinajstić information content (AvgIpc) is 2.37. The molecule has 17 heavy (non-hydrogen) atoms. The first kappa shape index (κ1) is 14.0. The highest BCUT2D eigenvalue weighted by molar-refractivity contribution is 5.75. The summed E-state index contributed by atoms with van der Waals surface area (Å²) in [5, 5.41) is 0. The molecule has 1 aliphatic rings. The maximum absolute atomic E-state index is 11.5. The van der Waals surface area contributed by atoms with Gasteiger partial charge in [-0.25, -0.2) is 0 Å². The first-order valence-electron chi connectivity index (χ1n) is 6.23. The molecule has 3 heteroatoms. The molecule has 0 saturated heterocycles. The zero-order valence-corrected chi connectivity index (χ0v) is 11.2. The van der Waals surface area contributed by atoms with Crippen LogP contribution < -0.4 is 0 Å². The number of carbonyl (C=O) groups is 1. The molecule has 0 fully saturated rings. The molecular weight excluding hydrogens is 214 g/mol. The highest BCUT2D eigenvalue weighted by atomic mass is 16.5. The van der Waals surface area contributed by atoms with E-state index >= 15 is 0 Å². The maximum atomic E-state index is 11.5. The highest BCUT2D eigenvalue weighted by Gasteiger charge is 2.24. The van der Waals surface area contributed by atoms with E-state index in [1.54, 1.807) is 0 Å². The van der Waals surface area contributed by atoms with Crippen LogP contribution >= 0.6 is 0 Å². The Labute approximate surface area is 104 Å². The average molecular weight is 237 g/mol. The Morgan fingerprint density at radius 3 is 2.47 bits per heavy atom. The Hall–Kier alpha value is -1.09. The van der Waals surface area contributed by atoms with Gasteiger partial charge in [0, 0.05) is 6.54 Å². The standard InChI is InChI=1S/C14H23NO2/c1-5-12-8-6-7-9-13(12)10-15(3)11(2)14(16)17-4/h6-9,11-13H,5,10H2,1-4H3. The second-order valence-corrected chi connectivity index (χ2v) is 4.64. The summed E-state index contributed by atoms with van der Waals surface area (Å²) in [6.07, 6.45) is 9.81. The lowest BCUT2D eigenvalue weighted by Crippen LogP contribution is -2.40. The molecule has 3 nitrogen and oxygen atoms in total. The predicted molar refractivity (Wildman–Crippen MR) is 69.7 cm³/mol. The number of carbonyl (C=O) groups excluding carboxylic acids is 1. The van der Waals surface area contributed by atoms with Crippen molar-refractivity contribution in [3.8, 4) is 0 Å². The molecule has 0 aliphatic heterocycles. The maximum Gasteiger partial charge on any atom is 0.322 e. The molecular formula is C14H23NO2. The molecule has 1 rings (SSSR count). The molecule has 3 atom stereocenters. The second kappa shape index (κ2) is 6.60. The van der Waals surface area contributed by atoms with Crippen molar-refractivity contribution in [2.24, 2.45) is 11.8 Å². The van der Waals surface area contributed by atoms with Crippen LogP contribution in [0.2, 0.25) is 0 Å².